The lowest BCUT2D eigenvalue weighted by molar-refractivity contribution is 0.571. The van der Waals surface area contributed by atoms with Gasteiger partial charge in [0.2, 0.25) is 0 Å². The van der Waals surface area contributed by atoms with E-state index < -0.39 is 0 Å². The van der Waals surface area contributed by atoms with Gasteiger partial charge in [0.05, 0.1) is 5.69 Å². The van der Waals surface area contributed by atoms with Crippen LogP contribution in [0, 0.1) is 11.7 Å². The maximum atomic E-state index is 14.2. The molecule has 0 radical (unpaired) electrons. The van der Waals surface area contributed by atoms with Crippen molar-refractivity contribution in [2.75, 3.05) is 19.0 Å². The van der Waals surface area contributed by atoms with Crippen LogP contribution >= 0.6 is 0 Å². The molecule has 0 amide bonds. The van der Waals surface area contributed by atoms with E-state index in [-0.39, 0.29) is 11.9 Å². The third kappa shape index (κ3) is 2.66. The van der Waals surface area contributed by atoms with Gasteiger partial charge in [-0.1, -0.05) is 6.07 Å². The molecule has 2 unspecified atom stereocenters. The van der Waals surface area contributed by atoms with Crippen LogP contribution < -0.4 is 10.2 Å². The highest BCUT2D eigenvalue weighted by molar-refractivity contribution is 5.50. The summed E-state index contributed by atoms with van der Waals surface area (Å²) in [5, 5.41) is 3.13. The topological polar surface area (TPSA) is 15.3 Å². The monoisotopic (exact) mass is 250 g/mol. The quantitative estimate of drug-likeness (QED) is 0.862. The number of hydrogen-bond acceptors (Lipinski definition) is 2. The number of benzene rings is 1. The molecule has 0 heterocycles. The second-order valence-electron chi connectivity index (χ2n) is 5.41. The second-order valence-corrected chi connectivity index (χ2v) is 5.41. The average Bonchev–Trinajstić information content (AvgIpc) is 3.20. The second kappa shape index (κ2) is 5.27. The van der Waals surface area contributed by atoms with Crippen molar-refractivity contribution in [2.24, 2.45) is 5.92 Å². The predicted octanol–water partition coefficient (Wildman–Crippen LogP) is 3.34. The normalized spacial score (nSPS) is 18.5. The molecule has 0 bridgehead atoms. The lowest BCUT2D eigenvalue weighted by atomic mass is 10.1. The molecule has 1 aliphatic carbocycles. The van der Waals surface area contributed by atoms with Gasteiger partial charge >= 0.3 is 0 Å². The molecule has 1 N–H and O–H groups in total. The van der Waals surface area contributed by atoms with Gasteiger partial charge in [-0.3, -0.25) is 0 Å². The fraction of sp³-hybridized carbons (Fsp3) is 0.600. The Balaban J connectivity index is 2.18. The Labute approximate surface area is 109 Å². The van der Waals surface area contributed by atoms with Crippen LogP contribution in [0.15, 0.2) is 18.2 Å². The molecule has 2 rings (SSSR count). The summed E-state index contributed by atoms with van der Waals surface area (Å²) in [6, 6.07) is 6.16. The molecule has 1 fully saturated rings. The lowest BCUT2D eigenvalue weighted by Gasteiger charge is -2.28. The van der Waals surface area contributed by atoms with Crippen LogP contribution in [0.5, 0.6) is 0 Å². The van der Waals surface area contributed by atoms with Crippen molar-refractivity contribution in [1.82, 2.24) is 5.32 Å². The number of rotatable bonds is 5. The number of anilines is 1. The lowest BCUT2D eigenvalue weighted by Crippen LogP contribution is -2.31. The van der Waals surface area contributed by atoms with Gasteiger partial charge in [-0.05, 0) is 57.4 Å². The Morgan fingerprint density at radius 1 is 1.33 bits per heavy atom. The Morgan fingerprint density at radius 3 is 2.50 bits per heavy atom. The summed E-state index contributed by atoms with van der Waals surface area (Å²) in [4.78, 5) is 2.07. The van der Waals surface area contributed by atoms with E-state index in [1.54, 1.807) is 6.07 Å². The summed E-state index contributed by atoms with van der Waals surface area (Å²) in [5.74, 6) is 0.620. The minimum atomic E-state index is -0.121. The molecule has 0 spiro atoms. The Morgan fingerprint density at radius 2 is 2.00 bits per heavy atom. The zero-order chi connectivity index (χ0) is 13.3. The molecule has 0 saturated heterocycles. The Kier molecular flexibility index (Phi) is 3.91. The summed E-state index contributed by atoms with van der Waals surface area (Å²) < 4.78 is 14.2. The van der Waals surface area contributed by atoms with E-state index in [0.717, 1.165) is 11.5 Å². The molecule has 1 aromatic rings. The van der Waals surface area contributed by atoms with E-state index in [2.05, 4.69) is 17.1 Å². The van der Waals surface area contributed by atoms with Crippen LogP contribution in [0.2, 0.25) is 0 Å². The molecule has 2 atom stereocenters. The maximum Gasteiger partial charge on any atom is 0.146 e. The fourth-order valence-electron chi connectivity index (χ4n) is 2.36. The standard InChI is InChI=1S/C15H23FN2/c1-10(17-3)13-7-8-15(14(16)9-13)18(4)11(2)12-5-6-12/h7-12,17H,5-6H2,1-4H3. The number of nitrogens with zero attached hydrogens (tertiary/aromatic N) is 1. The molecule has 1 aromatic carbocycles. The highest BCUT2D eigenvalue weighted by atomic mass is 19.1. The van der Waals surface area contributed by atoms with Crippen molar-refractivity contribution in [2.45, 2.75) is 38.8 Å². The van der Waals surface area contributed by atoms with Gasteiger partial charge < -0.3 is 10.2 Å². The Hall–Kier alpha value is -1.09. The number of nitrogens with one attached hydrogen (secondary N) is 1. The first kappa shape index (κ1) is 13.3. The zero-order valence-electron chi connectivity index (χ0n) is 11.7. The molecule has 2 nitrogen and oxygen atoms in total. The molecule has 0 aliphatic heterocycles. The van der Waals surface area contributed by atoms with Crippen LogP contribution in [0.25, 0.3) is 0 Å². The summed E-state index contributed by atoms with van der Waals surface area (Å²) in [6.45, 7) is 4.21. The fourth-order valence-corrected chi connectivity index (χ4v) is 2.36. The summed E-state index contributed by atoms with van der Waals surface area (Å²) >= 11 is 0. The third-order valence-electron chi connectivity index (χ3n) is 4.20. The van der Waals surface area contributed by atoms with Crippen LogP contribution in [-0.4, -0.2) is 20.1 Å². The zero-order valence-corrected chi connectivity index (χ0v) is 11.7. The van der Waals surface area contributed by atoms with Crippen LogP contribution in [0.3, 0.4) is 0 Å². The molecule has 18 heavy (non-hydrogen) atoms. The summed E-state index contributed by atoms with van der Waals surface area (Å²) in [5.41, 5.74) is 1.70. The van der Waals surface area contributed by atoms with Gasteiger partial charge in [-0.2, -0.15) is 0 Å². The van der Waals surface area contributed by atoms with E-state index in [1.165, 1.54) is 12.8 Å². The SMILES string of the molecule is CNC(C)c1ccc(N(C)C(C)C2CC2)c(F)c1. The van der Waals surface area contributed by atoms with E-state index in [0.29, 0.717) is 11.7 Å². The van der Waals surface area contributed by atoms with Crippen molar-refractivity contribution in [3.05, 3.63) is 29.6 Å². The first-order chi connectivity index (χ1) is 8.54. The van der Waals surface area contributed by atoms with Crippen molar-refractivity contribution < 1.29 is 4.39 Å². The van der Waals surface area contributed by atoms with Gasteiger partial charge in [0, 0.05) is 19.1 Å². The van der Waals surface area contributed by atoms with Crippen LogP contribution in [0.1, 0.15) is 38.3 Å². The van der Waals surface area contributed by atoms with Gasteiger partial charge in [0.25, 0.3) is 0 Å². The summed E-state index contributed by atoms with van der Waals surface area (Å²) in [7, 11) is 3.88. The van der Waals surface area contributed by atoms with Crippen molar-refractivity contribution in [3.8, 4) is 0 Å². The third-order valence-corrected chi connectivity index (χ3v) is 4.20. The number of hydrogen-bond donors (Lipinski definition) is 1. The molecular weight excluding hydrogens is 227 g/mol. The smallest absolute Gasteiger partial charge is 0.146 e. The molecule has 3 heteroatoms. The van der Waals surface area contributed by atoms with E-state index >= 15 is 0 Å². The first-order valence-corrected chi connectivity index (χ1v) is 6.74. The maximum absolute atomic E-state index is 14.2. The largest absolute Gasteiger partial charge is 0.369 e. The minimum absolute atomic E-state index is 0.121. The molecule has 1 saturated carbocycles. The Bertz CT molecular complexity index is 415. The molecule has 100 valence electrons. The van der Waals surface area contributed by atoms with Gasteiger partial charge in [0.15, 0.2) is 0 Å². The molecular formula is C15H23FN2. The average molecular weight is 250 g/mol. The van der Waals surface area contributed by atoms with Gasteiger partial charge in [-0.15, -0.1) is 0 Å². The van der Waals surface area contributed by atoms with Crippen LogP contribution in [-0.2, 0) is 0 Å². The number of halogens is 1. The van der Waals surface area contributed by atoms with Gasteiger partial charge in [-0.25, -0.2) is 4.39 Å². The highest BCUT2D eigenvalue weighted by Crippen LogP contribution is 2.37. The summed E-state index contributed by atoms with van der Waals surface area (Å²) in [6.07, 6.45) is 2.56. The van der Waals surface area contributed by atoms with E-state index in [1.807, 2.05) is 33.2 Å². The highest BCUT2D eigenvalue weighted by Gasteiger charge is 2.31. The van der Waals surface area contributed by atoms with Crippen molar-refractivity contribution >= 4 is 5.69 Å². The first-order valence-electron chi connectivity index (χ1n) is 6.74. The van der Waals surface area contributed by atoms with E-state index in [4.69, 9.17) is 0 Å². The molecule has 1 aliphatic rings. The minimum Gasteiger partial charge on any atom is -0.369 e. The van der Waals surface area contributed by atoms with Crippen molar-refractivity contribution in [1.29, 1.82) is 0 Å². The van der Waals surface area contributed by atoms with Crippen molar-refractivity contribution in [3.63, 3.8) is 0 Å². The van der Waals surface area contributed by atoms with E-state index in [9.17, 15) is 4.39 Å². The predicted molar refractivity (Wildman–Crippen MR) is 74.5 cm³/mol. The van der Waals surface area contributed by atoms with Gasteiger partial charge in [0.1, 0.15) is 5.82 Å². The van der Waals surface area contributed by atoms with Crippen LogP contribution in [0.4, 0.5) is 10.1 Å². The molecule has 0 aromatic heterocycles.